The van der Waals surface area contributed by atoms with Gasteiger partial charge in [0.15, 0.2) is 5.78 Å². The molecular weight excluding hydrogens is 372 g/mol. The smallest absolute Gasteiger partial charge is 0.165 e. The van der Waals surface area contributed by atoms with E-state index in [1.54, 1.807) is 0 Å². The summed E-state index contributed by atoms with van der Waals surface area (Å²) >= 11 is 0. The van der Waals surface area contributed by atoms with Crippen LogP contribution in [0.2, 0.25) is 0 Å². The minimum Gasteiger partial charge on any atom is -0.393 e. The Labute approximate surface area is 181 Å². The van der Waals surface area contributed by atoms with Crippen LogP contribution in [0.15, 0.2) is 5.57 Å². The van der Waals surface area contributed by atoms with E-state index in [-0.39, 0.29) is 11.5 Å². The molecule has 164 valence electrons. The molecule has 1 aromatic rings. The number of ketones is 1. The number of fused-ring (bicyclic) bond motifs is 5. The number of carbonyl (C=O) groups excluding carboxylic acids is 1. The molecule has 30 heavy (non-hydrogen) atoms. The van der Waals surface area contributed by atoms with Gasteiger partial charge in [0.25, 0.3) is 0 Å². The van der Waals surface area contributed by atoms with Crippen LogP contribution in [0.5, 0.6) is 0 Å². The van der Waals surface area contributed by atoms with Gasteiger partial charge in [0, 0.05) is 23.7 Å². The van der Waals surface area contributed by atoms with Crippen molar-refractivity contribution in [1.29, 1.82) is 0 Å². The molecule has 4 fully saturated rings. The van der Waals surface area contributed by atoms with E-state index < -0.39 is 0 Å². The molecule has 1 heterocycles. The lowest BCUT2D eigenvalue weighted by Gasteiger charge is -2.59. The lowest BCUT2D eigenvalue weighted by Crippen LogP contribution is -2.54. The molecule has 4 saturated carbocycles. The Hall–Kier alpha value is -1.42. The van der Waals surface area contributed by atoms with E-state index in [4.69, 9.17) is 0 Å². The van der Waals surface area contributed by atoms with Crippen LogP contribution < -0.4 is 0 Å². The minimum absolute atomic E-state index is 0.0953. The van der Waals surface area contributed by atoms with Crippen LogP contribution in [0.1, 0.15) is 82.2 Å². The van der Waals surface area contributed by atoms with Crippen molar-refractivity contribution in [2.24, 2.45) is 41.5 Å². The Bertz CT molecular complexity index is 914. The normalized spacial score (nSPS) is 44.7. The van der Waals surface area contributed by atoms with Gasteiger partial charge in [-0.15, -0.1) is 0 Å². The first-order chi connectivity index (χ1) is 14.1. The molecule has 4 aliphatic carbocycles. The van der Waals surface area contributed by atoms with E-state index in [0.29, 0.717) is 29.0 Å². The summed E-state index contributed by atoms with van der Waals surface area (Å²) < 4.78 is 1.92. The Morgan fingerprint density at radius 1 is 1.10 bits per heavy atom. The maximum absolute atomic E-state index is 13.6. The predicted molar refractivity (Wildman–Crippen MR) is 119 cm³/mol. The molecule has 0 saturated heterocycles. The van der Waals surface area contributed by atoms with Gasteiger partial charge < -0.3 is 5.11 Å². The van der Waals surface area contributed by atoms with Crippen molar-refractivity contribution in [3.8, 4) is 0 Å². The number of rotatable bonds is 1. The number of aryl methyl sites for hydroxylation is 2. The van der Waals surface area contributed by atoms with Crippen LogP contribution in [0.25, 0.3) is 6.08 Å². The van der Waals surface area contributed by atoms with Crippen LogP contribution in [-0.2, 0) is 11.8 Å². The molecule has 4 nitrogen and oxygen atoms in total. The third kappa shape index (κ3) is 2.75. The summed E-state index contributed by atoms with van der Waals surface area (Å²) in [5, 5.41) is 14.8. The van der Waals surface area contributed by atoms with Gasteiger partial charge >= 0.3 is 0 Å². The molecule has 1 N–H and O–H groups in total. The molecule has 0 aromatic carbocycles. The number of allylic oxidation sites excluding steroid dienone is 1. The molecule has 0 aliphatic heterocycles. The highest BCUT2D eigenvalue weighted by Crippen LogP contribution is 2.66. The van der Waals surface area contributed by atoms with Gasteiger partial charge in [-0.05, 0) is 106 Å². The van der Waals surface area contributed by atoms with Crippen molar-refractivity contribution in [3.63, 3.8) is 0 Å². The summed E-state index contributed by atoms with van der Waals surface area (Å²) in [5.41, 5.74) is 4.50. The van der Waals surface area contributed by atoms with Crippen molar-refractivity contribution < 1.29 is 9.90 Å². The Morgan fingerprint density at radius 3 is 2.57 bits per heavy atom. The van der Waals surface area contributed by atoms with Gasteiger partial charge in [-0.2, -0.15) is 5.10 Å². The van der Waals surface area contributed by atoms with E-state index in [9.17, 15) is 9.90 Å². The first-order valence-electron chi connectivity index (χ1n) is 12.1. The van der Waals surface area contributed by atoms with Gasteiger partial charge in [-0.25, -0.2) is 0 Å². The molecule has 7 unspecified atom stereocenters. The number of Topliss-reactive ketones (excluding diaryl/α,β-unsaturated/α-hetero) is 1. The molecule has 0 amide bonds. The maximum atomic E-state index is 13.6. The average Bonchev–Trinajstić information content (AvgIpc) is 3.10. The van der Waals surface area contributed by atoms with Crippen molar-refractivity contribution >= 4 is 11.9 Å². The fourth-order valence-corrected chi connectivity index (χ4v) is 8.21. The maximum Gasteiger partial charge on any atom is 0.165 e. The number of aromatic nitrogens is 2. The average molecular weight is 411 g/mol. The lowest BCUT2D eigenvalue weighted by atomic mass is 9.45. The minimum atomic E-state index is -0.186. The standard InChI is InChI=1S/C26H38N2O2/c1-15-21(16(2)28(5)27-15)12-17-13-23-20-7-6-18-14-19(29)8-10-25(18,3)22(20)9-11-26(23,4)24(17)30/h12,18-20,22-23,29H,6-11,13-14H2,1-5H3/b17-12-. The van der Waals surface area contributed by atoms with Gasteiger partial charge in [-0.1, -0.05) is 13.8 Å². The number of hydrogen-bond acceptors (Lipinski definition) is 3. The van der Waals surface area contributed by atoms with Crippen LogP contribution in [0, 0.1) is 48.3 Å². The fraction of sp³-hybridized carbons (Fsp3) is 0.769. The van der Waals surface area contributed by atoms with Crippen LogP contribution in [0.4, 0.5) is 0 Å². The van der Waals surface area contributed by atoms with Crippen molar-refractivity contribution in [3.05, 3.63) is 22.5 Å². The zero-order valence-corrected chi connectivity index (χ0v) is 19.4. The molecular formula is C26H38N2O2. The molecule has 4 heteroatoms. The second-order valence-electron chi connectivity index (χ2n) is 11.5. The quantitative estimate of drug-likeness (QED) is 0.663. The summed E-state index contributed by atoms with van der Waals surface area (Å²) in [4.78, 5) is 13.6. The number of hydrogen-bond donors (Lipinski definition) is 1. The molecule has 0 spiro atoms. The van der Waals surface area contributed by atoms with Crippen molar-refractivity contribution in [2.45, 2.75) is 85.2 Å². The summed E-state index contributed by atoms with van der Waals surface area (Å²) in [6, 6.07) is 0. The van der Waals surface area contributed by atoms with Gasteiger partial charge in [0.05, 0.1) is 11.8 Å². The molecule has 0 radical (unpaired) electrons. The van der Waals surface area contributed by atoms with E-state index >= 15 is 0 Å². The van der Waals surface area contributed by atoms with Crippen LogP contribution >= 0.6 is 0 Å². The third-order valence-electron chi connectivity index (χ3n) is 10.2. The summed E-state index contributed by atoms with van der Waals surface area (Å²) in [6.07, 6.45) is 10.8. The highest BCUT2D eigenvalue weighted by atomic mass is 16.3. The van der Waals surface area contributed by atoms with Gasteiger partial charge in [0.2, 0.25) is 0 Å². The molecule has 4 aliphatic rings. The van der Waals surface area contributed by atoms with Crippen molar-refractivity contribution in [1.82, 2.24) is 9.78 Å². The van der Waals surface area contributed by atoms with E-state index in [1.165, 1.54) is 19.3 Å². The molecule has 0 bridgehead atoms. The zero-order valence-electron chi connectivity index (χ0n) is 19.4. The summed E-state index contributed by atoms with van der Waals surface area (Å²) in [6.45, 7) is 8.91. The largest absolute Gasteiger partial charge is 0.393 e. The third-order valence-corrected chi connectivity index (χ3v) is 10.2. The second kappa shape index (κ2) is 6.79. The molecule has 7 atom stereocenters. The highest BCUT2D eigenvalue weighted by Gasteiger charge is 2.61. The topological polar surface area (TPSA) is 55.1 Å². The predicted octanol–water partition coefficient (Wildman–Crippen LogP) is 5.00. The summed E-state index contributed by atoms with van der Waals surface area (Å²) in [5.74, 6) is 2.93. The number of aliphatic hydroxyl groups excluding tert-OH is 1. The first kappa shape index (κ1) is 20.5. The second-order valence-corrected chi connectivity index (χ2v) is 11.5. The Balaban J connectivity index is 1.47. The SMILES string of the molecule is Cc1nn(C)c(C)c1/C=C1/CC2C3CCC4CC(O)CCC4(C)C3CCC2(C)C1=O. The Morgan fingerprint density at radius 2 is 1.87 bits per heavy atom. The molecule has 5 rings (SSSR count). The van der Waals surface area contributed by atoms with Gasteiger partial charge in [0.1, 0.15) is 0 Å². The zero-order chi connectivity index (χ0) is 21.4. The van der Waals surface area contributed by atoms with Gasteiger partial charge in [-0.3, -0.25) is 9.48 Å². The van der Waals surface area contributed by atoms with Crippen molar-refractivity contribution in [2.75, 3.05) is 0 Å². The van der Waals surface area contributed by atoms with E-state index in [0.717, 1.165) is 60.5 Å². The number of nitrogens with zero attached hydrogens (tertiary/aromatic N) is 2. The number of aliphatic hydroxyl groups is 1. The first-order valence-corrected chi connectivity index (χ1v) is 12.1. The fourth-order valence-electron chi connectivity index (χ4n) is 8.21. The summed E-state index contributed by atoms with van der Waals surface area (Å²) in [7, 11) is 1.98. The van der Waals surface area contributed by atoms with E-state index in [1.807, 2.05) is 18.7 Å². The molecule has 1 aromatic heterocycles. The van der Waals surface area contributed by atoms with E-state index in [2.05, 4.69) is 31.9 Å². The number of carbonyl (C=O) groups is 1. The van der Waals surface area contributed by atoms with Crippen LogP contribution in [-0.4, -0.2) is 26.8 Å². The Kier molecular flexibility index (Phi) is 4.63. The highest BCUT2D eigenvalue weighted by molar-refractivity contribution is 6.06. The monoisotopic (exact) mass is 410 g/mol. The lowest BCUT2D eigenvalue weighted by molar-refractivity contribution is -0.141. The van der Waals surface area contributed by atoms with Crippen LogP contribution in [0.3, 0.4) is 0 Å².